The molecule has 0 atom stereocenters. The van der Waals surface area contributed by atoms with E-state index in [0.717, 1.165) is 0 Å². The Labute approximate surface area is 95.4 Å². The van der Waals surface area contributed by atoms with E-state index in [1.54, 1.807) is 11.1 Å². The molecule has 0 unspecified atom stereocenters. The molecule has 0 saturated carbocycles. The largest absolute Gasteiger partial charge is 0.449 e. The number of alkyl halides is 3. The summed E-state index contributed by atoms with van der Waals surface area (Å²) in [5.74, 6) is -1.29. The zero-order chi connectivity index (χ0) is 11.9. The lowest BCUT2D eigenvalue weighted by atomic mass is 10.2. The smallest absolute Gasteiger partial charge is 0.302 e. The van der Waals surface area contributed by atoms with Crippen LogP contribution < -0.4 is 5.56 Å². The molecule has 0 saturated heterocycles. The van der Waals surface area contributed by atoms with Gasteiger partial charge in [0.05, 0.1) is 10.9 Å². The van der Waals surface area contributed by atoms with E-state index >= 15 is 0 Å². The first-order valence-electron chi connectivity index (χ1n) is 4.15. The van der Waals surface area contributed by atoms with Gasteiger partial charge in [0, 0.05) is 4.47 Å². The molecule has 0 aliphatic carbocycles. The van der Waals surface area contributed by atoms with Crippen molar-refractivity contribution in [1.29, 1.82) is 0 Å². The van der Waals surface area contributed by atoms with E-state index in [1.807, 2.05) is 0 Å². The summed E-state index contributed by atoms with van der Waals surface area (Å²) in [4.78, 5) is 16.5. The van der Waals surface area contributed by atoms with E-state index in [2.05, 4.69) is 20.9 Å². The summed E-state index contributed by atoms with van der Waals surface area (Å²) < 4.78 is 37.5. The molecule has 2 rings (SSSR count). The summed E-state index contributed by atoms with van der Waals surface area (Å²) in [6.45, 7) is 0. The molecule has 7 heteroatoms. The first-order chi connectivity index (χ1) is 7.39. The number of nitrogens with one attached hydrogen (secondary N) is 1. The van der Waals surface area contributed by atoms with E-state index in [-0.39, 0.29) is 10.9 Å². The second-order valence-corrected chi connectivity index (χ2v) is 3.90. The Kier molecular flexibility index (Phi) is 2.49. The molecule has 0 bridgehead atoms. The number of aromatic nitrogens is 2. The third-order valence-electron chi connectivity index (χ3n) is 1.96. The average molecular weight is 293 g/mol. The number of fused-ring (bicyclic) bond motifs is 1. The molecule has 0 spiro atoms. The highest BCUT2D eigenvalue weighted by Crippen LogP contribution is 2.27. The van der Waals surface area contributed by atoms with Gasteiger partial charge in [0.15, 0.2) is 0 Å². The van der Waals surface area contributed by atoms with Crippen LogP contribution in [0, 0.1) is 0 Å². The Morgan fingerprint density at radius 3 is 2.62 bits per heavy atom. The first kappa shape index (κ1) is 11.1. The van der Waals surface area contributed by atoms with Gasteiger partial charge in [0.1, 0.15) is 0 Å². The average Bonchev–Trinajstić information content (AvgIpc) is 2.18. The van der Waals surface area contributed by atoms with Crippen molar-refractivity contribution in [3.8, 4) is 0 Å². The number of halogens is 4. The molecule has 16 heavy (non-hydrogen) atoms. The molecule has 0 aliphatic rings. The minimum Gasteiger partial charge on any atom is -0.302 e. The maximum absolute atomic E-state index is 12.4. The van der Waals surface area contributed by atoms with Crippen LogP contribution in [0.1, 0.15) is 5.82 Å². The van der Waals surface area contributed by atoms with Crippen LogP contribution in [0.2, 0.25) is 0 Å². The molecule has 1 heterocycles. The molecule has 0 aliphatic heterocycles. The number of hydrogen-bond acceptors (Lipinski definition) is 2. The normalized spacial score (nSPS) is 12.0. The van der Waals surface area contributed by atoms with Crippen molar-refractivity contribution in [1.82, 2.24) is 9.97 Å². The number of benzene rings is 1. The van der Waals surface area contributed by atoms with Crippen molar-refractivity contribution in [2.75, 3.05) is 0 Å². The predicted molar refractivity (Wildman–Crippen MR) is 55.1 cm³/mol. The van der Waals surface area contributed by atoms with Crippen molar-refractivity contribution in [3.05, 3.63) is 38.9 Å². The standard InChI is InChI=1S/C9H4BrF3N2O/c10-5-3-1-2-4-6(5)14-8(9(11,12)13)15-7(4)16/h1-3H,(H,14,15,16). The van der Waals surface area contributed by atoms with Gasteiger partial charge in [-0.05, 0) is 28.1 Å². The van der Waals surface area contributed by atoms with Gasteiger partial charge in [-0.1, -0.05) is 6.07 Å². The summed E-state index contributed by atoms with van der Waals surface area (Å²) >= 11 is 3.05. The van der Waals surface area contributed by atoms with Crippen molar-refractivity contribution < 1.29 is 13.2 Å². The minimum atomic E-state index is -4.66. The molecule has 0 fully saturated rings. The van der Waals surface area contributed by atoms with Gasteiger partial charge in [-0.2, -0.15) is 13.2 Å². The van der Waals surface area contributed by atoms with E-state index in [0.29, 0.717) is 4.47 Å². The summed E-state index contributed by atoms with van der Waals surface area (Å²) in [5, 5.41) is 0.113. The van der Waals surface area contributed by atoms with Crippen LogP contribution in [0.15, 0.2) is 27.5 Å². The molecular formula is C9H4BrF3N2O. The van der Waals surface area contributed by atoms with Gasteiger partial charge in [-0.25, -0.2) is 4.98 Å². The first-order valence-corrected chi connectivity index (χ1v) is 4.94. The van der Waals surface area contributed by atoms with E-state index in [9.17, 15) is 18.0 Å². The Morgan fingerprint density at radius 1 is 1.31 bits per heavy atom. The van der Waals surface area contributed by atoms with Crippen LogP contribution in [-0.2, 0) is 6.18 Å². The monoisotopic (exact) mass is 292 g/mol. The van der Waals surface area contributed by atoms with E-state index in [4.69, 9.17) is 0 Å². The third kappa shape index (κ3) is 1.82. The highest BCUT2D eigenvalue weighted by atomic mass is 79.9. The lowest BCUT2D eigenvalue weighted by molar-refractivity contribution is -0.144. The summed E-state index contributed by atoms with van der Waals surface area (Å²) in [6, 6.07) is 4.48. The van der Waals surface area contributed by atoms with Gasteiger partial charge in [-0.3, -0.25) is 4.79 Å². The van der Waals surface area contributed by atoms with Crippen LogP contribution in [0.3, 0.4) is 0 Å². The molecule has 3 nitrogen and oxygen atoms in total. The lowest BCUT2D eigenvalue weighted by Gasteiger charge is -2.06. The molecular weight excluding hydrogens is 289 g/mol. The predicted octanol–water partition coefficient (Wildman–Crippen LogP) is 2.70. The number of H-pyrrole nitrogens is 1. The van der Waals surface area contributed by atoms with Crippen LogP contribution in [-0.4, -0.2) is 9.97 Å². The lowest BCUT2D eigenvalue weighted by Crippen LogP contribution is -2.19. The van der Waals surface area contributed by atoms with Crippen LogP contribution in [0.4, 0.5) is 13.2 Å². The van der Waals surface area contributed by atoms with Crippen molar-refractivity contribution >= 4 is 26.8 Å². The summed E-state index contributed by atoms with van der Waals surface area (Å²) in [6.07, 6.45) is -4.66. The van der Waals surface area contributed by atoms with Gasteiger partial charge in [0.2, 0.25) is 5.82 Å². The maximum Gasteiger partial charge on any atom is 0.449 e. The number of nitrogens with zero attached hydrogens (tertiary/aromatic N) is 1. The van der Waals surface area contributed by atoms with E-state index < -0.39 is 17.6 Å². The number of para-hydroxylation sites is 1. The second-order valence-electron chi connectivity index (χ2n) is 3.05. The van der Waals surface area contributed by atoms with Crippen LogP contribution in [0.5, 0.6) is 0 Å². The molecule has 2 aromatic rings. The van der Waals surface area contributed by atoms with Crippen LogP contribution in [0.25, 0.3) is 10.9 Å². The summed E-state index contributed by atoms with van der Waals surface area (Å²) in [5.41, 5.74) is -0.808. The highest BCUT2D eigenvalue weighted by molar-refractivity contribution is 9.10. The number of aromatic amines is 1. The Balaban J connectivity index is 2.86. The van der Waals surface area contributed by atoms with E-state index in [1.165, 1.54) is 12.1 Å². The Morgan fingerprint density at radius 2 is 2.00 bits per heavy atom. The zero-order valence-electron chi connectivity index (χ0n) is 7.60. The van der Waals surface area contributed by atoms with Gasteiger partial charge in [0.25, 0.3) is 5.56 Å². The minimum absolute atomic E-state index is 0.00132. The van der Waals surface area contributed by atoms with Gasteiger partial charge >= 0.3 is 6.18 Å². The number of rotatable bonds is 0. The van der Waals surface area contributed by atoms with Gasteiger partial charge in [-0.15, -0.1) is 0 Å². The van der Waals surface area contributed by atoms with Crippen molar-refractivity contribution in [2.24, 2.45) is 0 Å². The SMILES string of the molecule is O=c1[nH]c(C(F)(F)F)nc2c(Br)cccc12. The Hall–Kier alpha value is -1.37. The quantitative estimate of drug-likeness (QED) is 0.811. The fourth-order valence-corrected chi connectivity index (χ4v) is 1.72. The summed E-state index contributed by atoms with van der Waals surface area (Å²) in [7, 11) is 0. The molecule has 1 N–H and O–H groups in total. The zero-order valence-corrected chi connectivity index (χ0v) is 9.19. The fourth-order valence-electron chi connectivity index (χ4n) is 1.26. The third-order valence-corrected chi connectivity index (χ3v) is 2.60. The Bertz CT molecular complexity index is 606. The molecule has 84 valence electrons. The molecule has 1 aromatic heterocycles. The molecule has 0 radical (unpaired) electrons. The molecule has 0 amide bonds. The van der Waals surface area contributed by atoms with Crippen LogP contribution >= 0.6 is 15.9 Å². The second kappa shape index (κ2) is 3.58. The highest BCUT2D eigenvalue weighted by Gasteiger charge is 2.34. The fraction of sp³-hybridized carbons (Fsp3) is 0.111. The maximum atomic E-state index is 12.4. The number of hydrogen-bond donors (Lipinski definition) is 1. The topological polar surface area (TPSA) is 45.8 Å². The molecule has 1 aromatic carbocycles. The van der Waals surface area contributed by atoms with Crippen molar-refractivity contribution in [2.45, 2.75) is 6.18 Å². The van der Waals surface area contributed by atoms with Crippen molar-refractivity contribution in [3.63, 3.8) is 0 Å². The van der Waals surface area contributed by atoms with Gasteiger partial charge < -0.3 is 4.98 Å².